The van der Waals surface area contributed by atoms with E-state index in [0.717, 1.165) is 35.8 Å². The summed E-state index contributed by atoms with van der Waals surface area (Å²) in [7, 11) is 3.64. The van der Waals surface area contributed by atoms with Crippen molar-refractivity contribution in [2.75, 3.05) is 0 Å². The zero-order valence-electron chi connectivity index (χ0n) is 21.7. The molecule has 190 valence electrons. The summed E-state index contributed by atoms with van der Waals surface area (Å²) in [6.45, 7) is 10.4. The molecule has 2 fully saturated rings. The van der Waals surface area contributed by atoms with E-state index < -0.39 is 0 Å². The first-order valence-electron chi connectivity index (χ1n) is 12.6. The van der Waals surface area contributed by atoms with Crippen LogP contribution in [0.15, 0.2) is 48.7 Å². The average Bonchev–Trinajstić information content (AvgIpc) is 2.83. The van der Waals surface area contributed by atoms with Gasteiger partial charge in [0, 0.05) is 47.4 Å². The van der Waals surface area contributed by atoms with E-state index >= 15 is 0 Å². The molecule has 2 aromatic rings. The molecule has 3 atom stereocenters. The molecular weight excluding hydrogens is 474 g/mol. The van der Waals surface area contributed by atoms with Crippen molar-refractivity contribution in [1.29, 1.82) is 0 Å². The lowest BCUT2D eigenvalue weighted by Crippen LogP contribution is -2.42. The molecule has 2 aliphatic carbocycles. The summed E-state index contributed by atoms with van der Waals surface area (Å²) in [6, 6.07) is 13.9. The summed E-state index contributed by atoms with van der Waals surface area (Å²) in [5.74, 6) is 2.84. The SMILES string of the molecule is CC(=O)c1ccc(C(C)SSCc2ccccn2)cc1.CCC(C)C.O=C1CCC(=O)C2CCC12. The highest BCUT2D eigenvalue weighted by Gasteiger charge is 2.43. The molecule has 0 spiro atoms. The molecule has 6 heteroatoms. The lowest BCUT2D eigenvalue weighted by Gasteiger charge is -2.37. The maximum absolute atomic E-state index is 11.2. The summed E-state index contributed by atoms with van der Waals surface area (Å²) >= 11 is 0. The Morgan fingerprint density at radius 2 is 1.54 bits per heavy atom. The first-order valence-corrected chi connectivity index (χ1v) is 15.0. The number of hydrogen-bond acceptors (Lipinski definition) is 6. The zero-order chi connectivity index (χ0) is 25.8. The number of ketones is 3. The molecule has 0 amide bonds. The van der Waals surface area contributed by atoms with Crippen LogP contribution in [0.1, 0.15) is 93.6 Å². The molecule has 0 radical (unpaired) electrons. The monoisotopic (exact) mass is 513 g/mol. The van der Waals surface area contributed by atoms with Crippen molar-refractivity contribution in [2.24, 2.45) is 17.8 Å². The molecule has 1 aromatic heterocycles. The van der Waals surface area contributed by atoms with Crippen LogP contribution in [0.2, 0.25) is 0 Å². The van der Waals surface area contributed by atoms with Crippen LogP contribution in [0, 0.1) is 17.8 Å². The average molecular weight is 514 g/mol. The molecule has 0 aliphatic heterocycles. The number of carbonyl (C=O) groups excluding carboxylic acids is 3. The molecular formula is C29H39NO3S2. The molecule has 3 unspecified atom stereocenters. The Balaban J connectivity index is 0.000000237. The second kappa shape index (κ2) is 15.2. The van der Waals surface area contributed by atoms with Crippen molar-refractivity contribution >= 4 is 38.9 Å². The van der Waals surface area contributed by atoms with Gasteiger partial charge in [-0.1, -0.05) is 79.1 Å². The second-order valence-electron chi connectivity index (χ2n) is 9.52. The normalized spacial score (nSPS) is 19.4. The Morgan fingerprint density at radius 1 is 0.971 bits per heavy atom. The Bertz CT molecular complexity index is 922. The van der Waals surface area contributed by atoms with E-state index in [1.807, 2.05) is 70.2 Å². The summed E-state index contributed by atoms with van der Waals surface area (Å²) in [5.41, 5.74) is 3.12. The van der Waals surface area contributed by atoms with Crippen molar-refractivity contribution < 1.29 is 14.4 Å². The quantitative estimate of drug-likeness (QED) is 0.277. The Labute approximate surface area is 218 Å². The first kappa shape index (κ1) is 29.3. The molecule has 0 bridgehead atoms. The van der Waals surface area contributed by atoms with Crippen LogP contribution < -0.4 is 0 Å². The van der Waals surface area contributed by atoms with Gasteiger partial charge in [-0.05, 0) is 50.3 Å². The minimum Gasteiger partial charge on any atom is -0.299 e. The topological polar surface area (TPSA) is 64.1 Å². The van der Waals surface area contributed by atoms with Gasteiger partial charge >= 0.3 is 0 Å². The van der Waals surface area contributed by atoms with Gasteiger partial charge in [-0.2, -0.15) is 0 Å². The minimum absolute atomic E-state index is 0.112. The van der Waals surface area contributed by atoms with E-state index in [1.165, 1.54) is 12.0 Å². The van der Waals surface area contributed by atoms with Gasteiger partial charge in [0.05, 0.1) is 5.69 Å². The lowest BCUT2D eigenvalue weighted by molar-refractivity contribution is -0.143. The molecule has 1 aromatic carbocycles. The number of rotatable bonds is 7. The second-order valence-corrected chi connectivity index (χ2v) is 12.2. The Morgan fingerprint density at radius 3 is 1.97 bits per heavy atom. The smallest absolute Gasteiger partial charge is 0.159 e. The zero-order valence-corrected chi connectivity index (χ0v) is 23.3. The van der Waals surface area contributed by atoms with Gasteiger partial charge < -0.3 is 0 Å². The molecule has 4 rings (SSSR count). The molecule has 0 N–H and O–H groups in total. The number of hydrogen-bond donors (Lipinski definition) is 0. The maximum atomic E-state index is 11.2. The van der Waals surface area contributed by atoms with Gasteiger partial charge in [-0.25, -0.2) is 0 Å². The van der Waals surface area contributed by atoms with Gasteiger partial charge in [-0.3, -0.25) is 19.4 Å². The van der Waals surface area contributed by atoms with Crippen molar-refractivity contribution in [3.63, 3.8) is 0 Å². The number of fused-ring (bicyclic) bond motifs is 1. The summed E-state index contributed by atoms with van der Waals surface area (Å²) in [5, 5.41) is 0.393. The van der Waals surface area contributed by atoms with Crippen LogP contribution in [0.25, 0.3) is 0 Å². The summed E-state index contributed by atoms with van der Waals surface area (Å²) in [6.07, 6.45) is 6.09. The van der Waals surface area contributed by atoms with E-state index in [-0.39, 0.29) is 17.6 Å². The third-order valence-electron chi connectivity index (χ3n) is 6.47. The summed E-state index contributed by atoms with van der Waals surface area (Å²) in [4.78, 5) is 37.6. The number of benzene rings is 1. The van der Waals surface area contributed by atoms with E-state index in [9.17, 15) is 14.4 Å². The van der Waals surface area contributed by atoms with Gasteiger partial charge in [0.1, 0.15) is 11.6 Å². The molecule has 4 nitrogen and oxygen atoms in total. The van der Waals surface area contributed by atoms with Crippen LogP contribution in [0.4, 0.5) is 0 Å². The van der Waals surface area contributed by atoms with Crippen molar-refractivity contribution in [3.8, 4) is 0 Å². The predicted molar refractivity (Wildman–Crippen MR) is 149 cm³/mol. The van der Waals surface area contributed by atoms with Gasteiger partial charge in [0.2, 0.25) is 0 Å². The van der Waals surface area contributed by atoms with Crippen LogP contribution in [0.5, 0.6) is 0 Å². The van der Waals surface area contributed by atoms with Crippen LogP contribution in [-0.2, 0) is 15.3 Å². The highest BCUT2D eigenvalue weighted by Crippen LogP contribution is 2.40. The van der Waals surface area contributed by atoms with Crippen LogP contribution >= 0.6 is 21.6 Å². The van der Waals surface area contributed by atoms with E-state index in [2.05, 4.69) is 32.7 Å². The summed E-state index contributed by atoms with van der Waals surface area (Å²) < 4.78 is 0. The third kappa shape index (κ3) is 9.92. The van der Waals surface area contributed by atoms with Crippen molar-refractivity contribution in [2.45, 2.75) is 77.7 Å². The fourth-order valence-electron chi connectivity index (χ4n) is 3.61. The molecule has 2 saturated carbocycles. The fourth-order valence-corrected chi connectivity index (χ4v) is 5.96. The molecule has 0 saturated heterocycles. The lowest BCUT2D eigenvalue weighted by atomic mass is 9.64. The van der Waals surface area contributed by atoms with E-state index in [0.29, 0.717) is 29.7 Å². The Hall–Kier alpha value is -1.92. The molecule has 35 heavy (non-hydrogen) atoms. The largest absolute Gasteiger partial charge is 0.299 e. The van der Waals surface area contributed by atoms with Crippen LogP contribution in [-0.4, -0.2) is 22.3 Å². The Kier molecular flexibility index (Phi) is 12.8. The third-order valence-corrected chi connectivity index (χ3v) is 9.21. The highest BCUT2D eigenvalue weighted by atomic mass is 33.1. The highest BCUT2D eigenvalue weighted by molar-refractivity contribution is 8.76. The van der Waals surface area contributed by atoms with Crippen molar-refractivity contribution in [3.05, 3.63) is 65.5 Å². The maximum Gasteiger partial charge on any atom is 0.159 e. The minimum atomic E-state index is 0.112. The van der Waals surface area contributed by atoms with Gasteiger partial charge in [0.25, 0.3) is 0 Å². The fraction of sp³-hybridized carbons (Fsp3) is 0.517. The van der Waals surface area contributed by atoms with Crippen molar-refractivity contribution in [1.82, 2.24) is 4.98 Å². The predicted octanol–water partition coefficient (Wildman–Crippen LogP) is 7.92. The number of pyridine rings is 1. The number of aromatic nitrogens is 1. The van der Waals surface area contributed by atoms with Gasteiger partial charge in [-0.15, -0.1) is 0 Å². The molecule has 1 heterocycles. The first-order chi connectivity index (χ1) is 16.7. The standard InChI is InChI=1S/C16H17NOS2.C8H10O2.C5H12/c1-12(18)14-6-8-15(9-7-14)13(2)20-19-11-16-5-3-4-10-17-16;9-7-3-4-8(10)6-2-1-5(6)7;1-4-5(2)3/h3-10,13H,11H2,1-2H3;5-6H,1-4H2;5H,4H2,1-3H3. The van der Waals surface area contributed by atoms with Crippen LogP contribution in [0.3, 0.4) is 0 Å². The number of Topliss-reactive ketones (excluding diaryl/α,β-unsaturated/α-hetero) is 3. The van der Waals surface area contributed by atoms with E-state index in [4.69, 9.17) is 0 Å². The number of carbonyl (C=O) groups is 3. The molecule has 2 aliphatic rings. The van der Waals surface area contributed by atoms with Gasteiger partial charge in [0.15, 0.2) is 5.78 Å². The number of nitrogens with zero attached hydrogens (tertiary/aromatic N) is 1. The van der Waals surface area contributed by atoms with E-state index in [1.54, 1.807) is 6.92 Å².